The number of halogens is 1. The first-order valence-electron chi connectivity index (χ1n) is 3.65. The van der Waals surface area contributed by atoms with Gasteiger partial charge in [-0.3, -0.25) is 14.9 Å². The van der Waals surface area contributed by atoms with E-state index in [2.05, 4.69) is 0 Å². The van der Waals surface area contributed by atoms with E-state index in [1.807, 2.05) is 0 Å². The second kappa shape index (κ2) is 4.31. The zero-order valence-corrected chi connectivity index (χ0v) is 6.97. The highest BCUT2D eigenvalue weighted by Crippen LogP contribution is 2.21. The summed E-state index contributed by atoms with van der Waals surface area (Å²) >= 11 is 0. The number of nitrogens with zero attached hydrogens (tertiary/aromatic N) is 1. The Bertz CT molecular complexity index is 366. The molecule has 1 aromatic carbocycles. The molecule has 0 atom stereocenters. The molecule has 0 bridgehead atoms. The molecule has 6 heteroatoms. The number of hydrogen-bond donors (Lipinski definition) is 0. The Kier molecular flexibility index (Phi) is 3.11. The van der Waals surface area contributed by atoms with Gasteiger partial charge in [0.15, 0.2) is 6.29 Å². The summed E-state index contributed by atoms with van der Waals surface area (Å²) in [4.78, 5) is 19.3. The molecule has 0 aliphatic heterocycles. The molecule has 5 nitrogen and oxygen atoms in total. The SMILES string of the molecule is O=CCOc1ccc([N+](=O)[O-])c(F)c1. The summed E-state index contributed by atoms with van der Waals surface area (Å²) in [6, 6.07) is 3.07. The quantitative estimate of drug-likeness (QED) is 0.416. The number of carbonyl (C=O) groups is 1. The molecule has 1 aromatic rings. The van der Waals surface area contributed by atoms with Crippen molar-refractivity contribution in [2.45, 2.75) is 0 Å². The van der Waals surface area contributed by atoms with Crippen LogP contribution in [0.1, 0.15) is 0 Å². The van der Waals surface area contributed by atoms with E-state index in [-0.39, 0.29) is 12.4 Å². The summed E-state index contributed by atoms with van der Waals surface area (Å²) < 4.78 is 17.7. The lowest BCUT2D eigenvalue weighted by Crippen LogP contribution is -1.99. The van der Waals surface area contributed by atoms with Crippen LogP contribution in [0.3, 0.4) is 0 Å². The van der Waals surface area contributed by atoms with Gasteiger partial charge in [-0.05, 0) is 6.07 Å². The summed E-state index contributed by atoms with van der Waals surface area (Å²) in [6.45, 7) is -0.211. The fourth-order valence-electron chi connectivity index (χ4n) is 0.856. The number of nitro groups is 1. The summed E-state index contributed by atoms with van der Waals surface area (Å²) in [5, 5.41) is 10.2. The maximum absolute atomic E-state index is 12.9. The Morgan fingerprint density at radius 3 is 2.79 bits per heavy atom. The highest BCUT2D eigenvalue weighted by molar-refractivity contribution is 5.51. The third-order valence-electron chi connectivity index (χ3n) is 1.43. The van der Waals surface area contributed by atoms with Crippen molar-refractivity contribution in [2.24, 2.45) is 0 Å². The summed E-state index contributed by atoms with van der Waals surface area (Å²) in [6.07, 6.45) is 0.499. The van der Waals surface area contributed by atoms with Gasteiger partial charge in [-0.1, -0.05) is 0 Å². The van der Waals surface area contributed by atoms with Crippen LogP contribution >= 0.6 is 0 Å². The number of benzene rings is 1. The van der Waals surface area contributed by atoms with E-state index in [1.165, 1.54) is 6.07 Å². The molecule has 0 saturated heterocycles. The van der Waals surface area contributed by atoms with E-state index in [4.69, 9.17) is 4.74 Å². The Morgan fingerprint density at radius 2 is 2.29 bits per heavy atom. The van der Waals surface area contributed by atoms with Crippen molar-refractivity contribution >= 4 is 12.0 Å². The van der Waals surface area contributed by atoms with Crippen LogP contribution in [-0.4, -0.2) is 17.8 Å². The third kappa shape index (κ3) is 2.25. The van der Waals surface area contributed by atoms with Gasteiger partial charge in [0, 0.05) is 12.1 Å². The van der Waals surface area contributed by atoms with E-state index in [0.29, 0.717) is 6.29 Å². The number of carbonyl (C=O) groups excluding carboxylic acids is 1. The molecule has 0 spiro atoms. The van der Waals surface area contributed by atoms with Gasteiger partial charge in [-0.25, -0.2) is 0 Å². The third-order valence-corrected chi connectivity index (χ3v) is 1.43. The van der Waals surface area contributed by atoms with Crippen molar-refractivity contribution in [1.82, 2.24) is 0 Å². The molecule has 0 aliphatic rings. The maximum Gasteiger partial charge on any atom is 0.305 e. The van der Waals surface area contributed by atoms with Crippen LogP contribution < -0.4 is 4.74 Å². The van der Waals surface area contributed by atoms with Gasteiger partial charge in [0.1, 0.15) is 12.4 Å². The monoisotopic (exact) mass is 199 g/mol. The van der Waals surface area contributed by atoms with Crippen LogP contribution in [0.25, 0.3) is 0 Å². The Balaban J connectivity index is 2.88. The smallest absolute Gasteiger partial charge is 0.305 e. The second-order valence-corrected chi connectivity index (χ2v) is 2.35. The first-order valence-corrected chi connectivity index (χ1v) is 3.65. The molecule has 1 rings (SSSR count). The van der Waals surface area contributed by atoms with Crippen LogP contribution in [0.2, 0.25) is 0 Å². The Morgan fingerprint density at radius 1 is 1.57 bits per heavy atom. The average molecular weight is 199 g/mol. The first kappa shape index (κ1) is 10.1. The van der Waals surface area contributed by atoms with Gasteiger partial charge in [-0.15, -0.1) is 0 Å². The predicted molar refractivity (Wildman–Crippen MR) is 44.6 cm³/mol. The van der Waals surface area contributed by atoms with Crippen molar-refractivity contribution in [3.8, 4) is 5.75 Å². The van der Waals surface area contributed by atoms with Gasteiger partial charge >= 0.3 is 5.69 Å². The number of nitro benzene ring substituents is 1. The first-order chi connectivity index (χ1) is 6.65. The largest absolute Gasteiger partial charge is 0.486 e. The highest BCUT2D eigenvalue weighted by atomic mass is 19.1. The van der Waals surface area contributed by atoms with Crippen molar-refractivity contribution in [3.05, 3.63) is 34.1 Å². The van der Waals surface area contributed by atoms with Crippen molar-refractivity contribution in [3.63, 3.8) is 0 Å². The normalized spacial score (nSPS) is 9.50. The molecule has 14 heavy (non-hydrogen) atoms. The van der Waals surface area contributed by atoms with Crippen LogP contribution in [0, 0.1) is 15.9 Å². The molecule has 0 fully saturated rings. The van der Waals surface area contributed by atoms with Gasteiger partial charge in [-0.2, -0.15) is 4.39 Å². The maximum atomic E-state index is 12.9. The lowest BCUT2D eigenvalue weighted by Gasteiger charge is -2.01. The summed E-state index contributed by atoms with van der Waals surface area (Å²) in [5.74, 6) is -0.904. The number of ether oxygens (including phenoxy) is 1. The second-order valence-electron chi connectivity index (χ2n) is 2.35. The van der Waals surface area contributed by atoms with Crippen LogP contribution in [0.5, 0.6) is 5.75 Å². The fourth-order valence-corrected chi connectivity index (χ4v) is 0.856. The topological polar surface area (TPSA) is 69.4 Å². The molecule has 0 aliphatic carbocycles. The number of rotatable bonds is 4. The molecule has 0 heterocycles. The molecule has 0 N–H and O–H groups in total. The minimum atomic E-state index is -0.988. The molecule has 0 amide bonds. The molecular weight excluding hydrogens is 193 g/mol. The molecular formula is C8H6FNO4. The predicted octanol–water partition coefficient (Wildman–Crippen LogP) is 1.31. The van der Waals surface area contributed by atoms with E-state index in [9.17, 15) is 19.3 Å². The minimum Gasteiger partial charge on any atom is -0.486 e. The zero-order chi connectivity index (χ0) is 10.6. The van der Waals surface area contributed by atoms with Crippen LogP contribution in [0.15, 0.2) is 18.2 Å². The standard InChI is InChI=1S/C8H6FNO4/c9-7-5-6(14-4-3-11)1-2-8(7)10(12)13/h1-3,5H,4H2. The van der Waals surface area contributed by atoms with Gasteiger partial charge < -0.3 is 4.74 Å². The molecule has 0 saturated carbocycles. The van der Waals surface area contributed by atoms with Crippen molar-refractivity contribution in [1.29, 1.82) is 0 Å². The lowest BCUT2D eigenvalue weighted by molar-refractivity contribution is -0.387. The van der Waals surface area contributed by atoms with Crippen molar-refractivity contribution in [2.75, 3.05) is 6.61 Å². The van der Waals surface area contributed by atoms with Gasteiger partial charge in [0.05, 0.1) is 4.92 Å². The zero-order valence-electron chi connectivity index (χ0n) is 6.97. The minimum absolute atomic E-state index is 0.0835. The molecule has 74 valence electrons. The average Bonchev–Trinajstić information content (AvgIpc) is 2.14. The summed E-state index contributed by atoms with van der Waals surface area (Å²) in [5.41, 5.74) is -0.622. The number of hydrogen-bond acceptors (Lipinski definition) is 4. The van der Waals surface area contributed by atoms with E-state index in [1.54, 1.807) is 0 Å². The van der Waals surface area contributed by atoms with E-state index in [0.717, 1.165) is 12.1 Å². The Hall–Kier alpha value is -1.98. The van der Waals surface area contributed by atoms with Gasteiger partial charge in [0.2, 0.25) is 5.82 Å². The molecule has 0 unspecified atom stereocenters. The van der Waals surface area contributed by atoms with Crippen LogP contribution in [0.4, 0.5) is 10.1 Å². The van der Waals surface area contributed by atoms with Gasteiger partial charge in [0.25, 0.3) is 0 Å². The lowest BCUT2D eigenvalue weighted by atomic mass is 10.3. The van der Waals surface area contributed by atoms with Crippen molar-refractivity contribution < 1.29 is 18.8 Å². The molecule has 0 aromatic heterocycles. The van der Waals surface area contributed by atoms with E-state index < -0.39 is 16.4 Å². The number of aldehydes is 1. The fraction of sp³-hybridized carbons (Fsp3) is 0.125. The molecule has 0 radical (unpaired) electrons. The highest BCUT2D eigenvalue weighted by Gasteiger charge is 2.13. The van der Waals surface area contributed by atoms with Crippen LogP contribution in [-0.2, 0) is 4.79 Å². The Labute approximate surface area is 78.3 Å². The summed E-state index contributed by atoms with van der Waals surface area (Å²) in [7, 11) is 0. The van der Waals surface area contributed by atoms with E-state index >= 15 is 0 Å².